The third-order valence-corrected chi connectivity index (χ3v) is 8.91. The minimum atomic E-state index is -1.38. The Balaban J connectivity index is 1.16. The smallest absolute Gasteiger partial charge is 0.416 e. The van der Waals surface area contributed by atoms with Gasteiger partial charge in [0.25, 0.3) is 11.8 Å². The molecule has 0 saturated heterocycles. The van der Waals surface area contributed by atoms with Gasteiger partial charge in [0.1, 0.15) is 5.75 Å². The average molecular weight is 669 g/mol. The van der Waals surface area contributed by atoms with E-state index in [9.17, 15) is 19.5 Å². The van der Waals surface area contributed by atoms with Crippen LogP contribution in [-0.4, -0.2) is 84.8 Å². The molecule has 49 heavy (non-hydrogen) atoms. The number of carbonyl (C=O) groups excluding carboxylic acids is 3. The van der Waals surface area contributed by atoms with Crippen LogP contribution in [0.1, 0.15) is 59.4 Å². The molecular formula is C37H40N4O8. The summed E-state index contributed by atoms with van der Waals surface area (Å²) in [5, 5.41) is 11.4. The van der Waals surface area contributed by atoms with Crippen molar-refractivity contribution in [1.29, 1.82) is 0 Å². The first-order valence-corrected chi connectivity index (χ1v) is 16.2. The molecular weight excluding hydrogens is 628 g/mol. The molecule has 0 saturated carbocycles. The summed E-state index contributed by atoms with van der Waals surface area (Å²) in [6, 6.07) is 5.81. The van der Waals surface area contributed by atoms with Gasteiger partial charge in [-0.3, -0.25) is 14.6 Å². The molecule has 2 aromatic carbocycles. The molecule has 12 nitrogen and oxygen atoms in total. The summed E-state index contributed by atoms with van der Waals surface area (Å²) in [7, 11) is 2.68. The SMILES string of the molecule is C/C=C/C1=CN2C(=O)c3cc(C)c(OCCCOc4cc5c(cc4OC)C(=O)N4C=C(/C=C/C)C[C@H]4[C@H](O)N5C(=O)OC)cc3N=C[C@@H]2C1. The number of ether oxygens (including phenoxy) is 4. The number of hydrogen-bond acceptors (Lipinski definition) is 9. The number of fused-ring (bicyclic) bond motifs is 4. The molecule has 0 radical (unpaired) electrons. The number of aliphatic imine (C=N–C) groups is 1. The van der Waals surface area contributed by atoms with Crippen LogP contribution in [0.4, 0.5) is 16.2 Å². The van der Waals surface area contributed by atoms with Crippen molar-refractivity contribution in [2.75, 3.05) is 32.3 Å². The van der Waals surface area contributed by atoms with Gasteiger partial charge in [-0.05, 0) is 62.5 Å². The quantitative estimate of drug-likeness (QED) is 0.331. The van der Waals surface area contributed by atoms with E-state index in [1.165, 1.54) is 31.3 Å². The number of anilines is 1. The van der Waals surface area contributed by atoms with Gasteiger partial charge in [-0.2, -0.15) is 0 Å². The van der Waals surface area contributed by atoms with Crippen molar-refractivity contribution >= 4 is 35.5 Å². The first kappa shape index (κ1) is 33.5. The van der Waals surface area contributed by atoms with Crippen molar-refractivity contribution in [2.45, 2.75) is 58.3 Å². The lowest BCUT2D eigenvalue weighted by Gasteiger charge is -2.31. The summed E-state index contributed by atoms with van der Waals surface area (Å²) in [6.07, 6.45) is 12.4. The number of allylic oxidation sites excluding steroid dienone is 4. The van der Waals surface area contributed by atoms with E-state index in [-0.39, 0.29) is 41.5 Å². The lowest BCUT2D eigenvalue weighted by molar-refractivity contribution is 0.0563. The molecule has 4 aliphatic rings. The van der Waals surface area contributed by atoms with Crippen LogP contribution in [0.5, 0.6) is 17.2 Å². The van der Waals surface area contributed by atoms with Gasteiger partial charge in [-0.1, -0.05) is 24.3 Å². The van der Waals surface area contributed by atoms with Gasteiger partial charge in [0, 0.05) is 37.2 Å². The maximum Gasteiger partial charge on any atom is 0.416 e. The highest BCUT2D eigenvalue weighted by atomic mass is 16.5. The standard InChI is InChI=1S/C37H40N4O8/c1-6-9-23-14-25-19-38-28-17-31(22(3)13-26(28)34(42)39(25)20-23)48-11-8-12-49-33-18-29-27(16-32(33)46-4)35(43)40-21-24(10-7-2)15-30(40)36(44)41(29)37(45)47-5/h6-7,9-10,13,16-21,25,30,36,44H,8,11-12,14-15H2,1-5H3/b9-6+,10-7+/t25-,30-,36-/m0/s1. The summed E-state index contributed by atoms with van der Waals surface area (Å²) in [6.45, 7) is 6.23. The molecule has 0 aliphatic carbocycles. The van der Waals surface area contributed by atoms with Crippen LogP contribution in [-0.2, 0) is 4.74 Å². The fraction of sp³-hybridized carbons (Fsp3) is 0.351. The van der Waals surface area contributed by atoms with Crippen LogP contribution in [0.15, 0.2) is 77.1 Å². The van der Waals surface area contributed by atoms with Crippen LogP contribution >= 0.6 is 0 Å². The second-order valence-electron chi connectivity index (χ2n) is 12.1. The van der Waals surface area contributed by atoms with Gasteiger partial charge >= 0.3 is 6.09 Å². The predicted molar refractivity (Wildman–Crippen MR) is 184 cm³/mol. The van der Waals surface area contributed by atoms with Crippen molar-refractivity contribution in [3.63, 3.8) is 0 Å². The Bertz CT molecular complexity index is 1830. The molecule has 3 atom stereocenters. The maximum atomic E-state index is 13.7. The number of hydrogen-bond donors (Lipinski definition) is 1. The Kier molecular flexibility index (Phi) is 9.59. The second-order valence-corrected chi connectivity index (χ2v) is 12.1. The molecule has 0 unspecified atom stereocenters. The number of nitrogens with zero attached hydrogens (tertiary/aromatic N) is 4. The van der Waals surface area contributed by atoms with Gasteiger partial charge in [0.15, 0.2) is 17.7 Å². The van der Waals surface area contributed by atoms with Crippen molar-refractivity contribution in [1.82, 2.24) is 9.80 Å². The molecule has 3 amide bonds. The number of amides is 3. The van der Waals surface area contributed by atoms with Crippen LogP contribution in [0.2, 0.25) is 0 Å². The van der Waals surface area contributed by atoms with E-state index in [1.54, 1.807) is 17.2 Å². The number of rotatable bonds is 9. The third-order valence-electron chi connectivity index (χ3n) is 8.91. The van der Waals surface area contributed by atoms with E-state index in [0.29, 0.717) is 42.2 Å². The molecule has 0 fully saturated rings. The highest BCUT2D eigenvalue weighted by Crippen LogP contribution is 2.42. The zero-order valence-corrected chi connectivity index (χ0v) is 28.2. The van der Waals surface area contributed by atoms with Gasteiger partial charge in [0.05, 0.1) is 62.0 Å². The molecule has 6 rings (SSSR count). The average Bonchev–Trinajstić information content (AvgIpc) is 3.67. The number of benzene rings is 2. The Labute approximate surface area is 285 Å². The zero-order valence-electron chi connectivity index (χ0n) is 28.2. The molecule has 0 spiro atoms. The predicted octanol–water partition coefficient (Wildman–Crippen LogP) is 5.82. The largest absolute Gasteiger partial charge is 0.493 e. The van der Waals surface area contributed by atoms with Gasteiger partial charge in [0.2, 0.25) is 0 Å². The van der Waals surface area contributed by atoms with E-state index in [0.717, 1.165) is 28.0 Å². The zero-order chi connectivity index (χ0) is 34.8. The molecule has 12 heteroatoms. The number of carbonyl (C=O) groups is 3. The number of aliphatic hydroxyl groups excluding tert-OH is 1. The molecule has 4 heterocycles. The van der Waals surface area contributed by atoms with Gasteiger partial charge in [-0.15, -0.1) is 0 Å². The van der Waals surface area contributed by atoms with E-state index >= 15 is 0 Å². The third kappa shape index (κ3) is 6.31. The Morgan fingerprint density at radius 3 is 2.27 bits per heavy atom. The second kappa shape index (κ2) is 14.0. The van der Waals surface area contributed by atoms with Crippen LogP contribution < -0.4 is 19.1 Å². The lowest BCUT2D eigenvalue weighted by Crippen LogP contribution is -2.50. The van der Waals surface area contributed by atoms with E-state index < -0.39 is 18.4 Å². The summed E-state index contributed by atoms with van der Waals surface area (Å²) in [5.74, 6) is 0.709. The monoisotopic (exact) mass is 668 g/mol. The van der Waals surface area contributed by atoms with Crippen LogP contribution in [0, 0.1) is 6.92 Å². The van der Waals surface area contributed by atoms with Crippen molar-refractivity contribution in [3.05, 3.63) is 88.8 Å². The van der Waals surface area contributed by atoms with Crippen LogP contribution in [0.25, 0.3) is 0 Å². The summed E-state index contributed by atoms with van der Waals surface area (Å²) in [5.41, 5.74) is 4.14. The number of methoxy groups -OCH3 is 2. The van der Waals surface area contributed by atoms with Crippen molar-refractivity contribution in [3.8, 4) is 17.2 Å². The Hall–Kier alpha value is -5.36. The highest BCUT2D eigenvalue weighted by Gasteiger charge is 2.45. The maximum absolute atomic E-state index is 13.7. The topological polar surface area (TPSA) is 130 Å². The first-order valence-electron chi connectivity index (χ1n) is 16.2. The number of aryl methyl sites for hydroxylation is 1. The van der Waals surface area contributed by atoms with E-state index in [2.05, 4.69) is 4.99 Å². The molecule has 0 aromatic heterocycles. The molecule has 256 valence electrons. The molecule has 1 N–H and O–H groups in total. The summed E-state index contributed by atoms with van der Waals surface area (Å²) >= 11 is 0. The van der Waals surface area contributed by atoms with Gasteiger partial charge < -0.3 is 33.9 Å². The molecule has 0 bridgehead atoms. The Morgan fingerprint density at radius 1 is 0.898 bits per heavy atom. The Morgan fingerprint density at radius 2 is 1.57 bits per heavy atom. The molecule has 4 aliphatic heterocycles. The minimum absolute atomic E-state index is 0.0926. The summed E-state index contributed by atoms with van der Waals surface area (Å²) in [4.78, 5) is 49.0. The van der Waals surface area contributed by atoms with E-state index in [1.807, 2.05) is 63.6 Å². The van der Waals surface area contributed by atoms with Crippen LogP contribution in [0.3, 0.4) is 0 Å². The fourth-order valence-corrected chi connectivity index (χ4v) is 6.57. The van der Waals surface area contributed by atoms with Gasteiger partial charge in [-0.25, -0.2) is 9.69 Å². The highest BCUT2D eigenvalue weighted by molar-refractivity contribution is 6.06. The summed E-state index contributed by atoms with van der Waals surface area (Å²) < 4.78 is 22.8. The van der Waals surface area contributed by atoms with Crippen molar-refractivity contribution in [2.24, 2.45) is 4.99 Å². The molecule has 2 aromatic rings. The first-order chi connectivity index (χ1) is 23.7. The fourth-order valence-electron chi connectivity index (χ4n) is 6.57. The lowest BCUT2D eigenvalue weighted by atomic mass is 10.1. The normalized spacial score (nSPS) is 21.2. The number of aliphatic hydroxyl groups is 1. The minimum Gasteiger partial charge on any atom is -0.493 e. The van der Waals surface area contributed by atoms with Crippen molar-refractivity contribution < 1.29 is 38.4 Å². The van der Waals surface area contributed by atoms with E-state index in [4.69, 9.17) is 18.9 Å².